The molecule has 5 aromatic rings. The van der Waals surface area contributed by atoms with E-state index >= 15 is 0 Å². The average molecular weight is 424 g/mol. The van der Waals surface area contributed by atoms with Gasteiger partial charge in [0, 0.05) is 33.8 Å². The Hall–Kier alpha value is -3.60. The van der Waals surface area contributed by atoms with Crippen LogP contribution in [0.15, 0.2) is 66.9 Å². The summed E-state index contributed by atoms with van der Waals surface area (Å²) < 4.78 is 1.70. The van der Waals surface area contributed by atoms with E-state index in [-0.39, 0.29) is 0 Å². The SMILES string of the molecule is CC(C)c1cnn2c(N)cc(-c3ccccc3)nc12.c1ccc2c3c([nH]c2c1)CCCC3. The fourth-order valence-electron chi connectivity index (χ4n) is 4.53. The maximum atomic E-state index is 6.07. The highest BCUT2D eigenvalue weighted by atomic mass is 15.3. The number of benzene rings is 2. The van der Waals surface area contributed by atoms with Crippen LogP contribution in [-0.4, -0.2) is 19.6 Å². The van der Waals surface area contributed by atoms with Crippen molar-refractivity contribution in [1.82, 2.24) is 19.6 Å². The summed E-state index contributed by atoms with van der Waals surface area (Å²) in [5, 5.41) is 5.75. The Morgan fingerprint density at radius 2 is 1.72 bits per heavy atom. The number of hydrogen-bond acceptors (Lipinski definition) is 3. The summed E-state index contributed by atoms with van der Waals surface area (Å²) in [6.07, 6.45) is 7.05. The largest absolute Gasteiger partial charge is 0.384 e. The number of nitrogens with one attached hydrogen (secondary N) is 1. The summed E-state index contributed by atoms with van der Waals surface area (Å²) in [6.45, 7) is 4.26. The second-order valence-corrected chi connectivity index (χ2v) is 8.76. The van der Waals surface area contributed by atoms with E-state index in [4.69, 9.17) is 10.7 Å². The number of rotatable bonds is 2. The van der Waals surface area contributed by atoms with Gasteiger partial charge in [0.05, 0.1) is 11.9 Å². The molecule has 5 nitrogen and oxygen atoms in total. The molecule has 0 bridgehead atoms. The lowest BCUT2D eigenvalue weighted by molar-refractivity contribution is 0.680. The minimum Gasteiger partial charge on any atom is -0.384 e. The van der Waals surface area contributed by atoms with E-state index in [2.05, 4.69) is 48.2 Å². The van der Waals surface area contributed by atoms with Gasteiger partial charge in [0.2, 0.25) is 0 Å². The number of H-pyrrole nitrogens is 1. The number of hydrogen-bond donors (Lipinski definition) is 2. The molecule has 2 aromatic carbocycles. The smallest absolute Gasteiger partial charge is 0.161 e. The van der Waals surface area contributed by atoms with Crippen LogP contribution in [0.3, 0.4) is 0 Å². The van der Waals surface area contributed by atoms with Gasteiger partial charge in [-0.15, -0.1) is 0 Å². The first-order valence-electron chi connectivity index (χ1n) is 11.4. The van der Waals surface area contributed by atoms with E-state index in [1.165, 1.54) is 42.3 Å². The molecule has 162 valence electrons. The second kappa shape index (κ2) is 8.50. The average Bonchev–Trinajstić information content (AvgIpc) is 3.42. The Balaban J connectivity index is 0.000000144. The van der Waals surface area contributed by atoms with Crippen molar-refractivity contribution in [2.24, 2.45) is 0 Å². The summed E-state index contributed by atoms with van der Waals surface area (Å²) in [5.41, 5.74) is 14.3. The molecule has 1 aliphatic carbocycles. The first-order valence-corrected chi connectivity index (χ1v) is 11.4. The van der Waals surface area contributed by atoms with Crippen molar-refractivity contribution in [2.75, 3.05) is 5.73 Å². The van der Waals surface area contributed by atoms with Gasteiger partial charge in [0.1, 0.15) is 5.82 Å². The van der Waals surface area contributed by atoms with Gasteiger partial charge < -0.3 is 10.7 Å². The summed E-state index contributed by atoms with van der Waals surface area (Å²) in [6, 6.07) is 20.5. The van der Waals surface area contributed by atoms with Crippen molar-refractivity contribution in [3.05, 3.63) is 83.7 Å². The van der Waals surface area contributed by atoms with Crippen molar-refractivity contribution in [3.63, 3.8) is 0 Å². The molecule has 0 saturated carbocycles. The van der Waals surface area contributed by atoms with Gasteiger partial charge in [-0.1, -0.05) is 62.4 Å². The topological polar surface area (TPSA) is 72.0 Å². The van der Waals surface area contributed by atoms with Crippen LogP contribution in [0.4, 0.5) is 5.82 Å². The highest BCUT2D eigenvalue weighted by Crippen LogP contribution is 2.28. The highest BCUT2D eigenvalue weighted by molar-refractivity contribution is 5.84. The summed E-state index contributed by atoms with van der Waals surface area (Å²) in [7, 11) is 0. The minimum absolute atomic E-state index is 0.371. The number of aromatic nitrogens is 4. The Kier molecular flexibility index (Phi) is 5.39. The molecule has 0 unspecified atom stereocenters. The number of nitrogens with zero attached hydrogens (tertiary/aromatic N) is 3. The van der Waals surface area contributed by atoms with E-state index in [1.54, 1.807) is 10.1 Å². The highest BCUT2D eigenvalue weighted by Gasteiger charge is 2.14. The number of nitrogens with two attached hydrogens (primary N) is 1. The van der Waals surface area contributed by atoms with Crippen molar-refractivity contribution >= 4 is 22.4 Å². The van der Waals surface area contributed by atoms with Crippen LogP contribution in [0, 0.1) is 0 Å². The van der Waals surface area contributed by atoms with Crippen molar-refractivity contribution < 1.29 is 0 Å². The molecule has 0 radical (unpaired) electrons. The normalized spacial score (nSPS) is 13.2. The monoisotopic (exact) mass is 423 g/mol. The lowest BCUT2D eigenvalue weighted by Gasteiger charge is -2.10. The Bertz CT molecular complexity index is 1360. The standard InChI is InChI=1S/C15H16N4.C12H13N/c1-10(2)12-9-17-19-14(16)8-13(18-15(12)19)11-6-4-3-5-7-11;1-3-7-11-9(5-1)10-6-2-4-8-12(10)13-11/h3-10H,16H2,1-2H3;1,3,5,7,13H,2,4,6,8H2. The van der Waals surface area contributed by atoms with E-state index in [1.807, 2.05) is 42.6 Å². The predicted molar refractivity (Wildman–Crippen MR) is 132 cm³/mol. The molecule has 0 aliphatic heterocycles. The summed E-state index contributed by atoms with van der Waals surface area (Å²) in [5.74, 6) is 0.978. The maximum Gasteiger partial charge on any atom is 0.161 e. The number of anilines is 1. The van der Waals surface area contributed by atoms with E-state index < -0.39 is 0 Å². The zero-order valence-corrected chi connectivity index (χ0v) is 18.7. The number of fused-ring (bicyclic) bond motifs is 4. The fraction of sp³-hybridized carbons (Fsp3) is 0.259. The molecule has 3 N–H and O–H groups in total. The molecule has 0 atom stereocenters. The van der Waals surface area contributed by atoms with Gasteiger partial charge >= 0.3 is 0 Å². The number of nitrogen functional groups attached to an aromatic ring is 1. The lowest BCUT2D eigenvalue weighted by atomic mass is 9.96. The van der Waals surface area contributed by atoms with Crippen molar-refractivity contribution in [2.45, 2.75) is 45.4 Å². The first-order chi connectivity index (χ1) is 15.6. The predicted octanol–water partition coefficient (Wildman–Crippen LogP) is 6.15. The Morgan fingerprint density at radius 1 is 0.969 bits per heavy atom. The van der Waals surface area contributed by atoms with Gasteiger partial charge in [-0.2, -0.15) is 9.61 Å². The van der Waals surface area contributed by atoms with Crippen LogP contribution in [0.25, 0.3) is 27.8 Å². The van der Waals surface area contributed by atoms with E-state index in [9.17, 15) is 0 Å². The number of para-hydroxylation sites is 1. The summed E-state index contributed by atoms with van der Waals surface area (Å²) >= 11 is 0. The number of aryl methyl sites for hydroxylation is 2. The third-order valence-corrected chi connectivity index (χ3v) is 6.22. The van der Waals surface area contributed by atoms with Crippen molar-refractivity contribution in [3.8, 4) is 11.3 Å². The molecule has 3 aromatic heterocycles. The van der Waals surface area contributed by atoms with Crippen LogP contribution in [0.2, 0.25) is 0 Å². The van der Waals surface area contributed by atoms with Crippen molar-refractivity contribution in [1.29, 1.82) is 0 Å². The zero-order chi connectivity index (χ0) is 22.1. The minimum atomic E-state index is 0.371. The van der Waals surface area contributed by atoms with Crippen LogP contribution >= 0.6 is 0 Å². The second-order valence-electron chi connectivity index (χ2n) is 8.76. The molecule has 0 fully saturated rings. The van der Waals surface area contributed by atoms with Crippen LogP contribution < -0.4 is 5.73 Å². The van der Waals surface area contributed by atoms with E-state index in [0.29, 0.717) is 11.7 Å². The quantitative estimate of drug-likeness (QED) is 0.358. The molecular weight excluding hydrogens is 394 g/mol. The Morgan fingerprint density at radius 3 is 2.53 bits per heavy atom. The first kappa shape index (κ1) is 20.3. The third-order valence-electron chi connectivity index (χ3n) is 6.22. The van der Waals surface area contributed by atoms with Crippen LogP contribution in [-0.2, 0) is 12.8 Å². The van der Waals surface area contributed by atoms with Gasteiger partial charge in [-0.05, 0) is 43.2 Å². The third kappa shape index (κ3) is 3.75. The van der Waals surface area contributed by atoms with Crippen LogP contribution in [0.5, 0.6) is 0 Å². The molecule has 0 amide bonds. The molecule has 6 rings (SSSR count). The maximum absolute atomic E-state index is 6.07. The molecule has 0 spiro atoms. The molecule has 0 saturated heterocycles. The fourth-order valence-corrected chi connectivity index (χ4v) is 4.53. The number of aromatic amines is 1. The molecule has 3 heterocycles. The molecule has 5 heteroatoms. The Labute approximate surface area is 188 Å². The van der Waals surface area contributed by atoms with Gasteiger partial charge in [0.15, 0.2) is 5.65 Å². The molecule has 1 aliphatic rings. The van der Waals surface area contributed by atoms with Gasteiger partial charge in [-0.25, -0.2) is 4.98 Å². The van der Waals surface area contributed by atoms with Crippen LogP contribution in [0.1, 0.15) is 49.4 Å². The zero-order valence-electron chi connectivity index (χ0n) is 18.7. The lowest BCUT2D eigenvalue weighted by Crippen LogP contribution is -2.02. The molecule has 32 heavy (non-hydrogen) atoms. The van der Waals surface area contributed by atoms with Gasteiger partial charge in [0.25, 0.3) is 0 Å². The van der Waals surface area contributed by atoms with Gasteiger partial charge in [-0.3, -0.25) is 0 Å². The van der Waals surface area contributed by atoms with E-state index in [0.717, 1.165) is 22.5 Å². The molecular formula is C27H29N5. The summed E-state index contributed by atoms with van der Waals surface area (Å²) in [4.78, 5) is 8.22.